The van der Waals surface area contributed by atoms with E-state index in [-0.39, 0.29) is 14.4 Å². The van der Waals surface area contributed by atoms with Crippen molar-refractivity contribution in [2.24, 2.45) is 11.8 Å². The minimum Gasteiger partial charge on any atom is -0.294 e. The van der Waals surface area contributed by atoms with Gasteiger partial charge in [-0.3, -0.25) is 9.36 Å². The summed E-state index contributed by atoms with van der Waals surface area (Å²) in [6, 6.07) is 4.23. The molecule has 0 aliphatic heterocycles. The molecule has 120 valence electrons. The lowest BCUT2D eigenvalue weighted by molar-refractivity contribution is 0.0861. The van der Waals surface area contributed by atoms with Gasteiger partial charge in [0.25, 0.3) is 0 Å². The zero-order valence-corrected chi connectivity index (χ0v) is 14.9. The van der Waals surface area contributed by atoms with Crippen LogP contribution in [0.3, 0.4) is 0 Å². The van der Waals surface area contributed by atoms with Crippen molar-refractivity contribution in [3.8, 4) is 0 Å². The van der Waals surface area contributed by atoms with Crippen molar-refractivity contribution < 1.29 is 9.36 Å². The van der Waals surface area contributed by atoms with Crippen molar-refractivity contribution in [2.75, 3.05) is 6.16 Å². The summed E-state index contributed by atoms with van der Waals surface area (Å²) < 4.78 is 10.7. The summed E-state index contributed by atoms with van der Waals surface area (Å²) in [7, 11) is 0.200. The van der Waals surface area contributed by atoms with Crippen molar-refractivity contribution in [3.05, 3.63) is 34.4 Å². The first-order chi connectivity index (χ1) is 10.5. The van der Waals surface area contributed by atoms with Gasteiger partial charge in [-0.1, -0.05) is 30.5 Å². The van der Waals surface area contributed by atoms with Crippen LogP contribution in [0.25, 0.3) is 0 Å². The fourth-order valence-electron chi connectivity index (χ4n) is 4.07. The van der Waals surface area contributed by atoms with Crippen LogP contribution in [-0.2, 0) is 4.57 Å². The average molecular weight is 318 g/mol. The topological polar surface area (TPSA) is 34.1 Å². The number of carbonyl (C=O) groups excluding carboxylic acids is 1. The second-order valence-electron chi connectivity index (χ2n) is 6.78. The van der Waals surface area contributed by atoms with Crippen LogP contribution < -0.4 is 0 Å². The number of hydrogen-bond acceptors (Lipinski definition) is 2. The van der Waals surface area contributed by atoms with Gasteiger partial charge in [0.1, 0.15) is 0 Å². The number of aryl methyl sites for hydroxylation is 3. The van der Waals surface area contributed by atoms with Crippen LogP contribution in [0.4, 0.5) is 0 Å². The Hall–Kier alpha value is -1.01. The van der Waals surface area contributed by atoms with E-state index in [1.54, 1.807) is 0 Å². The van der Waals surface area contributed by atoms with Crippen molar-refractivity contribution in [1.29, 1.82) is 0 Å². The summed E-state index contributed by atoms with van der Waals surface area (Å²) in [5.41, 5.74) is 4.36. The van der Waals surface area contributed by atoms with Gasteiger partial charge >= 0.3 is 0 Å². The monoisotopic (exact) mass is 318 g/mol. The smallest absolute Gasteiger partial charge is 0.166 e. The van der Waals surface area contributed by atoms with E-state index in [0.717, 1.165) is 29.5 Å². The number of rotatable bonds is 7. The van der Waals surface area contributed by atoms with Crippen LogP contribution in [0.2, 0.25) is 0 Å². The van der Waals surface area contributed by atoms with Crippen molar-refractivity contribution >= 4 is 14.2 Å². The van der Waals surface area contributed by atoms with Gasteiger partial charge in [-0.25, -0.2) is 0 Å². The summed E-state index contributed by atoms with van der Waals surface area (Å²) in [6.07, 6.45) is 7.28. The molecule has 0 radical (unpaired) electrons. The molecule has 2 nitrogen and oxygen atoms in total. The average Bonchev–Trinajstić information content (AvgIpc) is 2.96. The van der Waals surface area contributed by atoms with E-state index < -0.39 is 0 Å². The van der Waals surface area contributed by atoms with Crippen LogP contribution in [0.5, 0.6) is 0 Å². The first-order valence-corrected chi connectivity index (χ1v) is 9.45. The molecule has 1 saturated carbocycles. The van der Waals surface area contributed by atoms with E-state index in [1.165, 1.54) is 31.2 Å². The van der Waals surface area contributed by atoms with E-state index in [9.17, 15) is 9.36 Å². The second-order valence-corrected chi connectivity index (χ2v) is 7.49. The molecule has 1 unspecified atom stereocenters. The van der Waals surface area contributed by atoms with Crippen molar-refractivity contribution in [3.63, 3.8) is 0 Å². The Bertz CT molecular complexity index is 521. The maximum atomic E-state index is 13.2. The van der Waals surface area contributed by atoms with Crippen LogP contribution >= 0.6 is 8.46 Å². The predicted octanol–water partition coefficient (Wildman–Crippen LogP) is 5.67. The van der Waals surface area contributed by atoms with Crippen LogP contribution in [0.1, 0.15) is 65.6 Å². The van der Waals surface area contributed by atoms with Gasteiger partial charge in [0.15, 0.2) is 14.2 Å². The number of benzene rings is 1. The summed E-state index contributed by atoms with van der Waals surface area (Å²) in [5, 5.41) is 0. The Labute approximate surface area is 135 Å². The van der Waals surface area contributed by atoms with Gasteiger partial charge < -0.3 is 0 Å². The number of ketones is 1. The molecule has 1 aliphatic rings. The molecule has 2 rings (SSSR count). The second kappa shape index (κ2) is 8.02. The largest absolute Gasteiger partial charge is 0.294 e. The van der Waals surface area contributed by atoms with E-state index in [1.807, 2.05) is 0 Å². The molecular weight excluding hydrogens is 291 g/mol. The summed E-state index contributed by atoms with van der Waals surface area (Å²) >= 11 is 0. The molecule has 1 atom stereocenters. The summed E-state index contributed by atoms with van der Waals surface area (Å²) in [4.78, 5) is 13.2. The Morgan fingerprint density at radius 3 is 2.32 bits per heavy atom. The van der Waals surface area contributed by atoms with Crippen molar-refractivity contribution in [2.45, 2.75) is 59.3 Å². The van der Waals surface area contributed by atoms with E-state index in [0.29, 0.717) is 17.9 Å². The first kappa shape index (κ1) is 17.3. The van der Waals surface area contributed by atoms with Crippen LogP contribution in [0, 0.1) is 32.6 Å². The standard InChI is InChI=1S/C19H27O2P/c1-13-11-14(2)18(15(3)12-13)19(20)17(9-6-10-22-21)16-7-4-5-8-16/h11-12,16-17H,4-10H2,1-3H3. The highest BCUT2D eigenvalue weighted by molar-refractivity contribution is 7.23. The van der Waals surface area contributed by atoms with Gasteiger partial charge in [0, 0.05) is 17.6 Å². The Morgan fingerprint density at radius 1 is 1.18 bits per heavy atom. The molecule has 0 aromatic heterocycles. The van der Waals surface area contributed by atoms with Gasteiger partial charge in [-0.2, -0.15) is 0 Å². The highest BCUT2D eigenvalue weighted by atomic mass is 31.1. The molecule has 1 aromatic rings. The molecule has 3 heteroatoms. The van der Waals surface area contributed by atoms with E-state index >= 15 is 0 Å². The molecule has 0 heterocycles. The molecule has 0 N–H and O–H groups in total. The minimum absolute atomic E-state index is 0.115. The molecule has 1 fully saturated rings. The maximum Gasteiger partial charge on any atom is 0.166 e. The third kappa shape index (κ3) is 4.04. The maximum absolute atomic E-state index is 13.2. The van der Waals surface area contributed by atoms with Gasteiger partial charge in [0.2, 0.25) is 0 Å². The molecule has 22 heavy (non-hydrogen) atoms. The summed E-state index contributed by atoms with van der Waals surface area (Å²) in [5.74, 6) is 0.963. The fraction of sp³-hybridized carbons (Fsp3) is 0.632. The fourth-order valence-corrected chi connectivity index (χ4v) is 4.38. The molecule has 0 saturated heterocycles. The quantitative estimate of drug-likeness (QED) is 0.368. The molecule has 1 aromatic carbocycles. The van der Waals surface area contributed by atoms with E-state index in [2.05, 4.69) is 32.9 Å². The molecule has 1 aliphatic carbocycles. The van der Waals surface area contributed by atoms with E-state index in [4.69, 9.17) is 0 Å². The van der Waals surface area contributed by atoms with Crippen LogP contribution in [0.15, 0.2) is 12.1 Å². The highest BCUT2D eigenvalue weighted by Crippen LogP contribution is 2.37. The molecule has 0 amide bonds. The number of carbonyl (C=O) groups is 1. The zero-order chi connectivity index (χ0) is 16.1. The molecule has 0 bridgehead atoms. The number of Topliss-reactive ketones (excluding diaryl/α,β-unsaturated/α-hetero) is 1. The SMILES string of the molecule is Cc1cc(C)c(C(=O)C(CCCP=O)C2CCCC2)c(C)c1. The highest BCUT2D eigenvalue weighted by Gasteiger charge is 2.32. The van der Waals surface area contributed by atoms with Gasteiger partial charge in [-0.05, 0) is 63.5 Å². The molecule has 0 spiro atoms. The normalized spacial score (nSPS) is 17.0. The van der Waals surface area contributed by atoms with Crippen molar-refractivity contribution in [1.82, 2.24) is 0 Å². The lowest BCUT2D eigenvalue weighted by Gasteiger charge is -2.24. The minimum atomic E-state index is 0.115. The lowest BCUT2D eigenvalue weighted by atomic mass is 9.79. The third-order valence-corrected chi connectivity index (χ3v) is 5.49. The molecular formula is C19H27O2P. The summed E-state index contributed by atoms with van der Waals surface area (Å²) in [6.45, 7) is 6.18. The third-order valence-electron chi connectivity index (χ3n) is 4.99. The Morgan fingerprint density at radius 2 is 1.77 bits per heavy atom. The van der Waals surface area contributed by atoms with Gasteiger partial charge in [-0.15, -0.1) is 0 Å². The lowest BCUT2D eigenvalue weighted by Crippen LogP contribution is -2.24. The number of hydrogen-bond donors (Lipinski definition) is 0. The zero-order valence-electron chi connectivity index (χ0n) is 14.0. The Balaban J connectivity index is 2.26. The predicted molar refractivity (Wildman–Crippen MR) is 92.1 cm³/mol. The van der Waals surface area contributed by atoms with Crippen LogP contribution in [-0.4, -0.2) is 11.9 Å². The first-order valence-electron chi connectivity index (χ1n) is 8.45. The van der Waals surface area contributed by atoms with Gasteiger partial charge in [0.05, 0.1) is 0 Å². The Kier molecular flexibility index (Phi) is 6.32.